The zero-order valence-electron chi connectivity index (χ0n) is 12.2. The lowest BCUT2D eigenvalue weighted by Gasteiger charge is -2.29. The Kier molecular flexibility index (Phi) is 5.60. The van der Waals surface area contributed by atoms with E-state index in [1.807, 2.05) is 6.92 Å². The number of likely N-dealkylation sites (tertiary alicyclic amines) is 1. The molecule has 1 N–H and O–H groups in total. The number of anilines is 1. The van der Waals surface area contributed by atoms with Gasteiger partial charge < -0.3 is 10.2 Å². The van der Waals surface area contributed by atoms with Crippen LogP contribution in [0.15, 0.2) is 15.5 Å². The van der Waals surface area contributed by atoms with Crippen molar-refractivity contribution in [3.8, 4) is 0 Å². The molecular formula is C14H23BrN4O. The summed E-state index contributed by atoms with van der Waals surface area (Å²) in [6.07, 6.45) is 5.07. The number of hydrogen-bond acceptors (Lipinski definition) is 4. The zero-order chi connectivity index (χ0) is 14.5. The SMILES string of the molecule is CCCn1ncc(NCC2CCN(C)CC2)c(Br)c1=O. The Balaban J connectivity index is 1.96. The van der Waals surface area contributed by atoms with Gasteiger partial charge in [-0.25, -0.2) is 4.68 Å². The summed E-state index contributed by atoms with van der Waals surface area (Å²) in [7, 11) is 2.16. The van der Waals surface area contributed by atoms with Gasteiger partial charge in [-0.2, -0.15) is 5.10 Å². The number of rotatable bonds is 5. The van der Waals surface area contributed by atoms with Crippen molar-refractivity contribution in [1.82, 2.24) is 14.7 Å². The Labute approximate surface area is 128 Å². The predicted octanol–water partition coefficient (Wildman–Crippen LogP) is 2.17. The van der Waals surface area contributed by atoms with E-state index in [1.165, 1.54) is 17.5 Å². The number of hydrogen-bond donors (Lipinski definition) is 1. The van der Waals surface area contributed by atoms with Crippen molar-refractivity contribution in [1.29, 1.82) is 0 Å². The molecule has 0 unspecified atom stereocenters. The third kappa shape index (κ3) is 3.82. The fourth-order valence-electron chi connectivity index (χ4n) is 2.48. The van der Waals surface area contributed by atoms with Crippen molar-refractivity contribution in [2.75, 3.05) is 32.0 Å². The topological polar surface area (TPSA) is 50.2 Å². The van der Waals surface area contributed by atoms with E-state index in [1.54, 1.807) is 6.20 Å². The van der Waals surface area contributed by atoms with Crippen molar-refractivity contribution in [3.05, 3.63) is 21.0 Å². The van der Waals surface area contributed by atoms with Gasteiger partial charge in [-0.05, 0) is 61.2 Å². The highest BCUT2D eigenvalue weighted by atomic mass is 79.9. The van der Waals surface area contributed by atoms with Crippen molar-refractivity contribution in [2.24, 2.45) is 5.92 Å². The summed E-state index contributed by atoms with van der Waals surface area (Å²) >= 11 is 3.39. The first-order valence-electron chi connectivity index (χ1n) is 7.29. The molecule has 0 radical (unpaired) electrons. The zero-order valence-corrected chi connectivity index (χ0v) is 13.8. The van der Waals surface area contributed by atoms with Crippen LogP contribution in [0.4, 0.5) is 5.69 Å². The normalized spacial score (nSPS) is 17.4. The van der Waals surface area contributed by atoms with Crippen LogP contribution < -0.4 is 10.9 Å². The van der Waals surface area contributed by atoms with E-state index in [9.17, 15) is 4.79 Å². The Morgan fingerprint density at radius 3 is 2.80 bits per heavy atom. The van der Waals surface area contributed by atoms with Gasteiger partial charge in [0.1, 0.15) is 4.47 Å². The fourth-order valence-corrected chi connectivity index (χ4v) is 2.93. The van der Waals surface area contributed by atoms with Crippen LogP contribution in [0.5, 0.6) is 0 Å². The van der Waals surface area contributed by atoms with Gasteiger partial charge >= 0.3 is 0 Å². The standard InChI is InChI=1S/C14H23BrN4O/c1-3-6-19-14(20)13(15)12(10-17-19)16-9-11-4-7-18(2)8-5-11/h10-11,16H,3-9H2,1-2H3. The fraction of sp³-hybridized carbons (Fsp3) is 0.714. The van der Waals surface area contributed by atoms with E-state index < -0.39 is 0 Å². The van der Waals surface area contributed by atoms with E-state index in [0.29, 0.717) is 16.9 Å². The monoisotopic (exact) mass is 342 g/mol. The third-order valence-corrected chi connectivity index (χ3v) is 4.61. The van der Waals surface area contributed by atoms with Crippen LogP contribution in [0.25, 0.3) is 0 Å². The molecule has 2 rings (SSSR count). The average molecular weight is 343 g/mol. The summed E-state index contributed by atoms with van der Waals surface area (Å²) in [6, 6.07) is 0. The minimum absolute atomic E-state index is 0.0553. The lowest BCUT2D eigenvalue weighted by molar-refractivity contribution is 0.226. The molecule has 112 valence electrons. The van der Waals surface area contributed by atoms with E-state index in [2.05, 4.69) is 38.3 Å². The molecule has 2 heterocycles. The van der Waals surface area contributed by atoms with Crippen LogP contribution in [-0.2, 0) is 6.54 Å². The van der Waals surface area contributed by atoms with Gasteiger partial charge in [0.25, 0.3) is 5.56 Å². The first-order chi connectivity index (χ1) is 9.61. The van der Waals surface area contributed by atoms with Crippen molar-refractivity contribution in [3.63, 3.8) is 0 Å². The highest BCUT2D eigenvalue weighted by molar-refractivity contribution is 9.10. The highest BCUT2D eigenvalue weighted by Gasteiger charge is 2.17. The Bertz CT molecular complexity index is 494. The van der Waals surface area contributed by atoms with Crippen LogP contribution in [0.3, 0.4) is 0 Å². The molecule has 1 aromatic heterocycles. The van der Waals surface area contributed by atoms with Crippen molar-refractivity contribution in [2.45, 2.75) is 32.7 Å². The molecule has 5 nitrogen and oxygen atoms in total. The van der Waals surface area contributed by atoms with Crippen LogP contribution >= 0.6 is 15.9 Å². The maximum Gasteiger partial charge on any atom is 0.283 e. The summed E-state index contributed by atoms with van der Waals surface area (Å²) in [5.41, 5.74) is 0.751. The average Bonchev–Trinajstić information content (AvgIpc) is 2.45. The van der Waals surface area contributed by atoms with Crippen molar-refractivity contribution >= 4 is 21.6 Å². The molecule has 0 amide bonds. The van der Waals surface area contributed by atoms with Gasteiger partial charge in [0, 0.05) is 13.1 Å². The lowest BCUT2D eigenvalue weighted by atomic mass is 9.97. The van der Waals surface area contributed by atoms with Crippen LogP contribution in [-0.4, -0.2) is 41.4 Å². The smallest absolute Gasteiger partial charge is 0.283 e. The Morgan fingerprint density at radius 2 is 2.15 bits per heavy atom. The molecule has 6 heteroatoms. The summed E-state index contributed by atoms with van der Waals surface area (Å²) < 4.78 is 2.10. The predicted molar refractivity (Wildman–Crippen MR) is 85.2 cm³/mol. The highest BCUT2D eigenvalue weighted by Crippen LogP contribution is 2.20. The lowest BCUT2D eigenvalue weighted by Crippen LogP contribution is -2.33. The summed E-state index contributed by atoms with van der Waals surface area (Å²) in [6.45, 7) is 5.92. The Morgan fingerprint density at radius 1 is 1.45 bits per heavy atom. The molecule has 1 saturated heterocycles. The van der Waals surface area contributed by atoms with E-state index in [4.69, 9.17) is 0 Å². The minimum Gasteiger partial charge on any atom is -0.382 e. The van der Waals surface area contributed by atoms with E-state index in [0.717, 1.165) is 31.7 Å². The van der Waals surface area contributed by atoms with Gasteiger partial charge in [-0.3, -0.25) is 4.79 Å². The molecule has 0 aromatic carbocycles. The molecule has 0 spiro atoms. The van der Waals surface area contributed by atoms with Gasteiger partial charge in [-0.1, -0.05) is 6.92 Å². The summed E-state index contributed by atoms with van der Waals surface area (Å²) in [5, 5.41) is 7.57. The second-order valence-corrected chi connectivity index (χ2v) is 6.32. The summed E-state index contributed by atoms with van der Waals surface area (Å²) in [5.74, 6) is 0.677. The molecule has 1 aromatic rings. The van der Waals surface area contributed by atoms with Gasteiger partial charge in [-0.15, -0.1) is 0 Å². The number of aromatic nitrogens is 2. The van der Waals surface area contributed by atoms with Crippen LogP contribution in [0.1, 0.15) is 26.2 Å². The first-order valence-corrected chi connectivity index (χ1v) is 8.09. The first kappa shape index (κ1) is 15.5. The number of nitrogens with zero attached hydrogens (tertiary/aromatic N) is 3. The number of halogens is 1. The molecule has 0 saturated carbocycles. The molecule has 0 aliphatic carbocycles. The molecule has 1 fully saturated rings. The van der Waals surface area contributed by atoms with Gasteiger partial charge in [0.05, 0.1) is 11.9 Å². The number of nitrogens with one attached hydrogen (secondary N) is 1. The van der Waals surface area contributed by atoms with Gasteiger partial charge in [0.2, 0.25) is 0 Å². The molecule has 20 heavy (non-hydrogen) atoms. The second-order valence-electron chi connectivity index (χ2n) is 5.53. The second kappa shape index (κ2) is 7.22. The number of piperidine rings is 1. The van der Waals surface area contributed by atoms with Gasteiger partial charge in [0.15, 0.2) is 0 Å². The van der Waals surface area contributed by atoms with E-state index >= 15 is 0 Å². The quantitative estimate of drug-likeness (QED) is 0.890. The Hall–Kier alpha value is -0.880. The van der Waals surface area contributed by atoms with Crippen LogP contribution in [0, 0.1) is 5.92 Å². The molecule has 0 bridgehead atoms. The molecule has 1 aliphatic heterocycles. The largest absolute Gasteiger partial charge is 0.382 e. The molecule has 0 atom stereocenters. The third-order valence-electron chi connectivity index (χ3n) is 3.84. The van der Waals surface area contributed by atoms with Crippen molar-refractivity contribution < 1.29 is 0 Å². The maximum atomic E-state index is 12.1. The van der Waals surface area contributed by atoms with E-state index in [-0.39, 0.29) is 5.56 Å². The molecule has 1 aliphatic rings. The maximum absolute atomic E-state index is 12.1. The number of aryl methyl sites for hydroxylation is 1. The summed E-state index contributed by atoms with van der Waals surface area (Å²) in [4.78, 5) is 14.4. The molecular weight excluding hydrogens is 320 g/mol. The minimum atomic E-state index is -0.0553. The van der Waals surface area contributed by atoms with Crippen LogP contribution in [0.2, 0.25) is 0 Å².